The molecule has 0 saturated carbocycles. The van der Waals surface area contributed by atoms with E-state index in [1.807, 2.05) is 55.4 Å². The number of likely N-dealkylation sites (N-methyl/N-ethyl adjacent to an activating group) is 1. The number of pyridine rings is 1. The van der Waals surface area contributed by atoms with Crippen molar-refractivity contribution >= 4 is 16.9 Å². The predicted molar refractivity (Wildman–Crippen MR) is 125 cm³/mol. The number of urea groups is 1. The van der Waals surface area contributed by atoms with Crippen molar-refractivity contribution in [2.24, 2.45) is 0 Å². The molecule has 0 bridgehead atoms. The molecule has 0 aliphatic carbocycles. The van der Waals surface area contributed by atoms with Crippen LogP contribution >= 0.6 is 0 Å². The number of fused-ring (bicyclic) bond motifs is 1. The Kier molecular flexibility index (Phi) is 7.72. The van der Waals surface area contributed by atoms with Gasteiger partial charge < -0.3 is 29.6 Å². The summed E-state index contributed by atoms with van der Waals surface area (Å²) in [5.74, 6) is 1.11. The average Bonchev–Trinajstić information content (AvgIpc) is 2.80. The summed E-state index contributed by atoms with van der Waals surface area (Å²) in [6.07, 6.45) is 0. The van der Waals surface area contributed by atoms with Gasteiger partial charge in [-0.1, -0.05) is 30.3 Å². The molecule has 1 heterocycles. The van der Waals surface area contributed by atoms with Crippen molar-refractivity contribution in [1.29, 1.82) is 0 Å². The van der Waals surface area contributed by atoms with Crippen molar-refractivity contribution in [2.45, 2.75) is 13.1 Å². The number of H-pyrrole nitrogens is 1. The summed E-state index contributed by atoms with van der Waals surface area (Å²) in [4.78, 5) is 32.2. The molecule has 1 aromatic heterocycles. The molecule has 0 fully saturated rings. The van der Waals surface area contributed by atoms with E-state index in [0.717, 1.165) is 10.9 Å². The van der Waals surface area contributed by atoms with Crippen molar-refractivity contribution < 1.29 is 14.3 Å². The van der Waals surface area contributed by atoms with Gasteiger partial charge in [0.25, 0.3) is 5.56 Å². The predicted octanol–water partition coefficient (Wildman–Crippen LogP) is 2.82. The monoisotopic (exact) mass is 438 g/mol. The van der Waals surface area contributed by atoms with Crippen LogP contribution < -0.4 is 20.3 Å². The highest BCUT2D eigenvalue weighted by Gasteiger charge is 2.17. The largest absolute Gasteiger partial charge is 0.493 e. The number of nitrogens with one attached hydrogen (secondary N) is 2. The summed E-state index contributed by atoms with van der Waals surface area (Å²) in [5, 5.41) is 3.75. The Morgan fingerprint density at radius 3 is 2.34 bits per heavy atom. The van der Waals surface area contributed by atoms with Crippen LogP contribution in [0.2, 0.25) is 0 Å². The number of nitrogens with zero attached hydrogens (tertiary/aromatic N) is 2. The summed E-state index contributed by atoms with van der Waals surface area (Å²) in [6, 6.07) is 14.8. The van der Waals surface area contributed by atoms with E-state index in [4.69, 9.17) is 9.47 Å². The molecule has 3 aromatic rings. The van der Waals surface area contributed by atoms with E-state index in [0.29, 0.717) is 42.2 Å². The molecule has 0 aliphatic rings. The molecule has 0 atom stereocenters. The van der Waals surface area contributed by atoms with Gasteiger partial charge in [-0.2, -0.15) is 0 Å². The first-order valence-corrected chi connectivity index (χ1v) is 10.4. The molecule has 8 nitrogen and oxygen atoms in total. The van der Waals surface area contributed by atoms with Gasteiger partial charge in [0.2, 0.25) is 0 Å². The molecule has 2 N–H and O–H groups in total. The van der Waals surface area contributed by atoms with E-state index in [2.05, 4.69) is 10.3 Å². The molecule has 0 unspecified atom stereocenters. The highest BCUT2D eigenvalue weighted by atomic mass is 16.5. The quantitative estimate of drug-likeness (QED) is 0.537. The Morgan fingerprint density at radius 2 is 1.69 bits per heavy atom. The Bertz CT molecular complexity index is 1110. The smallest absolute Gasteiger partial charge is 0.318 e. The Balaban J connectivity index is 1.84. The second-order valence-corrected chi connectivity index (χ2v) is 7.79. The molecule has 2 aromatic carbocycles. The number of ether oxygens (including phenoxy) is 2. The highest BCUT2D eigenvalue weighted by Crippen LogP contribution is 2.31. The molecule has 3 rings (SSSR count). The van der Waals surface area contributed by atoms with Crippen LogP contribution in [0.4, 0.5) is 4.79 Å². The third kappa shape index (κ3) is 5.79. The second-order valence-electron chi connectivity index (χ2n) is 7.79. The molecular formula is C24H30N4O4. The fraction of sp³-hybridized carbons (Fsp3) is 0.333. The molecule has 0 spiro atoms. The zero-order chi connectivity index (χ0) is 23.1. The molecular weight excluding hydrogens is 408 g/mol. The zero-order valence-corrected chi connectivity index (χ0v) is 19.0. The minimum absolute atomic E-state index is 0.189. The second kappa shape index (κ2) is 10.7. The summed E-state index contributed by atoms with van der Waals surface area (Å²) in [7, 11) is 7.01. The summed E-state index contributed by atoms with van der Waals surface area (Å²) >= 11 is 0. The summed E-state index contributed by atoms with van der Waals surface area (Å²) in [5.41, 5.74) is 1.91. The first kappa shape index (κ1) is 23.1. The maximum Gasteiger partial charge on any atom is 0.318 e. The lowest BCUT2D eigenvalue weighted by Crippen LogP contribution is -2.43. The van der Waals surface area contributed by atoms with Gasteiger partial charge in [0.1, 0.15) is 0 Å². The molecule has 0 aliphatic heterocycles. The van der Waals surface area contributed by atoms with Crippen LogP contribution in [0.5, 0.6) is 11.5 Å². The molecule has 170 valence electrons. The van der Waals surface area contributed by atoms with Gasteiger partial charge in [-0.05, 0) is 31.8 Å². The van der Waals surface area contributed by atoms with Gasteiger partial charge in [0.15, 0.2) is 11.5 Å². The normalized spacial score (nSPS) is 10.9. The number of hydrogen-bond acceptors (Lipinski definition) is 5. The van der Waals surface area contributed by atoms with Crippen molar-refractivity contribution in [2.75, 3.05) is 41.4 Å². The lowest BCUT2D eigenvalue weighted by atomic mass is 10.1. The number of aromatic amines is 1. The van der Waals surface area contributed by atoms with Crippen LogP contribution in [0.1, 0.15) is 11.1 Å². The van der Waals surface area contributed by atoms with Crippen molar-refractivity contribution in [3.05, 3.63) is 70.0 Å². The van der Waals surface area contributed by atoms with E-state index >= 15 is 0 Å². The van der Waals surface area contributed by atoms with Gasteiger partial charge >= 0.3 is 6.03 Å². The van der Waals surface area contributed by atoms with Crippen molar-refractivity contribution in [3.63, 3.8) is 0 Å². The Labute approximate surface area is 187 Å². The molecule has 0 saturated heterocycles. The minimum Gasteiger partial charge on any atom is -0.493 e. The topological polar surface area (TPSA) is 86.9 Å². The Hall–Kier alpha value is -3.52. The van der Waals surface area contributed by atoms with Crippen LogP contribution in [0.25, 0.3) is 10.9 Å². The highest BCUT2D eigenvalue weighted by molar-refractivity contribution is 5.83. The third-order valence-electron chi connectivity index (χ3n) is 5.18. The average molecular weight is 439 g/mol. The minimum atomic E-state index is -0.240. The van der Waals surface area contributed by atoms with Gasteiger partial charge in [-0.15, -0.1) is 0 Å². The van der Waals surface area contributed by atoms with E-state index < -0.39 is 0 Å². The van der Waals surface area contributed by atoms with Gasteiger partial charge in [-0.3, -0.25) is 4.79 Å². The summed E-state index contributed by atoms with van der Waals surface area (Å²) in [6.45, 7) is 1.77. The van der Waals surface area contributed by atoms with Gasteiger partial charge in [0.05, 0.1) is 26.3 Å². The van der Waals surface area contributed by atoms with Gasteiger partial charge in [-0.25, -0.2) is 4.79 Å². The van der Waals surface area contributed by atoms with Gasteiger partial charge in [0, 0.05) is 36.7 Å². The first-order valence-electron chi connectivity index (χ1n) is 10.4. The van der Waals surface area contributed by atoms with E-state index in [1.54, 1.807) is 31.3 Å². The number of amides is 2. The fourth-order valence-corrected chi connectivity index (χ4v) is 3.36. The number of benzene rings is 2. The number of carbonyl (C=O) groups is 1. The van der Waals surface area contributed by atoms with Crippen molar-refractivity contribution in [1.82, 2.24) is 20.1 Å². The number of methoxy groups -OCH3 is 2. The first-order chi connectivity index (χ1) is 15.4. The van der Waals surface area contributed by atoms with E-state index in [-0.39, 0.29) is 18.1 Å². The van der Waals surface area contributed by atoms with Crippen LogP contribution in [0.15, 0.2) is 53.3 Å². The molecule has 2 amide bonds. The lowest BCUT2D eigenvalue weighted by molar-refractivity contribution is 0.188. The van der Waals surface area contributed by atoms with E-state index in [9.17, 15) is 9.59 Å². The molecule has 0 radical (unpaired) electrons. The van der Waals surface area contributed by atoms with Crippen LogP contribution in [-0.2, 0) is 13.1 Å². The lowest BCUT2D eigenvalue weighted by Gasteiger charge is -2.25. The van der Waals surface area contributed by atoms with Crippen molar-refractivity contribution in [3.8, 4) is 11.5 Å². The standard InChI is InChI=1S/C24H30N4O4/c1-27(2)10-11-28(24(30)25-15-17-8-6-5-7-9-17)16-19-12-18-13-21(31-3)22(32-4)14-20(18)26-23(19)29/h5-9,12-14H,10-11,15-16H2,1-4H3,(H,25,30)(H,26,29). The number of rotatable bonds is 9. The number of hydrogen-bond donors (Lipinski definition) is 2. The van der Waals surface area contributed by atoms with Crippen LogP contribution in [-0.4, -0.2) is 62.2 Å². The molecule has 32 heavy (non-hydrogen) atoms. The van der Waals surface area contributed by atoms with Crippen LogP contribution in [0.3, 0.4) is 0 Å². The van der Waals surface area contributed by atoms with Crippen LogP contribution in [0, 0.1) is 0 Å². The SMILES string of the molecule is COc1cc2cc(CN(CCN(C)C)C(=O)NCc3ccccc3)c(=O)[nH]c2cc1OC. The zero-order valence-electron chi connectivity index (χ0n) is 19.0. The third-order valence-corrected chi connectivity index (χ3v) is 5.18. The molecule has 8 heteroatoms. The fourth-order valence-electron chi connectivity index (χ4n) is 3.36. The number of carbonyl (C=O) groups excluding carboxylic acids is 1. The summed E-state index contributed by atoms with van der Waals surface area (Å²) < 4.78 is 10.7. The number of aromatic nitrogens is 1. The maximum absolute atomic E-state index is 12.9. The maximum atomic E-state index is 12.9. The van der Waals surface area contributed by atoms with E-state index in [1.165, 1.54) is 0 Å². The Morgan fingerprint density at radius 1 is 1.00 bits per heavy atom.